The first-order chi connectivity index (χ1) is 7.41. The summed E-state index contributed by atoms with van der Waals surface area (Å²) in [6.07, 6.45) is 0. The zero-order valence-corrected chi connectivity index (χ0v) is 11.1. The van der Waals surface area contributed by atoms with Crippen molar-refractivity contribution < 1.29 is 4.79 Å². The molecule has 0 aliphatic carbocycles. The van der Waals surface area contributed by atoms with Gasteiger partial charge in [-0.3, -0.25) is 4.79 Å². The van der Waals surface area contributed by atoms with E-state index in [-0.39, 0.29) is 12.5 Å². The molecule has 6 heteroatoms. The van der Waals surface area contributed by atoms with Crippen molar-refractivity contribution in [2.24, 2.45) is 0 Å². The fourth-order valence-electron chi connectivity index (χ4n) is 1.03. The van der Waals surface area contributed by atoms with Crippen LogP contribution in [0.2, 0.25) is 15.1 Å². The molecule has 16 heavy (non-hydrogen) atoms. The minimum absolute atomic E-state index is 0.0675. The Labute approximate surface area is 109 Å². The summed E-state index contributed by atoms with van der Waals surface area (Å²) in [5.41, 5.74) is 0.517. The lowest BCUT2D eigenvalue weighted by molar-refractivity contribution is -0.126. The normalized spacial score (nSPS) is 10.1. The van der Waals surface area contributed by atoms with Crippen LogP contribution in [0.3, 0.4) is 0 Å². The second-order valence-corrected chi connectivity index (χ2v) is 4.64. The van der Waals surface area contributed by atoms with Crippen molar-refractivity contribution in [3.05, 3.63) is 27.2 Å². The third-order valence-electron chi connectivity index (χ3n) is 1.92. The van der Waals surface area contributed by atoms with E-state index in [1.54, 1.807) is 26.2 Å². The number of benzene rings is 1. The molecule has 0 saturated heterocycles. The molecule has 0 radical (unpaired) electrons. The highest BCUT2D eigenvalue weighted by molar-refractivity contribution is 6.41. The summed E-state index contributed by atoms with van der Waals surface area (Å²) in [6, 6.07) is 3.13. The predicted octanol–water partition coefficient (Wildman–Crippen LogP) is 3.15. The van der Waals surface area contributed by atoms with Gasteiger partial charge in [0.1, 0.15) is 0 Å². The molecule has 1 amide bonds. The van der Waals surface area contributed by atoms with Crippen molar-refractivity contribution in [1.82, 2.24) is 4.90 Å². The third-order valence-corrected chi connectivity index (χ3v) is 2.74. The molecule has 0 fully saturated rings. The van der Waals surface area contributed by atoms with Crippen molar-refractivity contribution >= 4 is 46.4 Å². The van der Waals surface area contributed by atoms with E-state index in [4.69, 9.17) is 34.8 Å². The molecule has 0 spiro atoms. The SMILES string of the molecule is CN(C)C(=O)CNc1c(Cl)cc(Cl)cc1Cl. The minimum Gasteiger partial charge on any atom is -0.374 e. The van der Waals surface area contributed by atoms with E-state index < -0.39 is 0 Å². The van der Waals surface area contributed by atoms with Crippen LogP contribution in [0.15, 0.2) is 12.1 Å². The van der Waals surface area contributed by atoms with Gasteiger partial charge in [0.15, 0.2) is 0 Å². The fourth-order valence-corrected chi connectivity index (χ4v) is 1.98. The first-order valence-electron chi connectivity index (χ1n) is 4.50. The molecule has 0 aromatic heterocycles. The number of halogens is 3. The number of carbonyl (C=O) groups excluding carboxylic acids is 1. The third kappa shape index (κ3) is 3.44. The van der Waals surface area contributed by atoms with E-state index in [0.717, 1.165) is 0 Å². The summed E-state index contributed by atoms with van der Waals surface area (Å²) >= 11 is 17.6. The van der Waals surface area contributed by atoms with Crippen molar-refractivity contribution in [2.75, 3.05) is 26.0 Å². The Morgan fingerprint density at radius 3 is 2.19 bits per heavy atom. The molecule has 0 atom stereocenters. The van der Waals surface area contributed by atoms with Crippen LogP contribution in [0.4, 0.5) is 5.69 Å². The van der Waals surface area contributed by atoms with Gasteiger partial charge >= 0.3 is 0 Å². The van der Waals surface area contributed by atoms with Crippen molar-refractivity contribution in [3.8, 4) is 0 Å². The van der Waals surface area contributed by atoms with E-state index in [0.29, 0.717) is 20.8 Å². The van der Waals surface area contributed by atoms with Crippen molar-refractivity contribution in [2.45, 2.75) is 0 Å². The standard InChI is InChI=1S/C10H11Cl3N2O/c1-15(2)9(16)5-14-10-7(12)3-6(11)4-8(10)13/h3-4,14H,5H2,1-2H3. The van der Waals surface area contributed by atoms with Gasteiger partial charge in [0.05, 0.1) is 22.3 Å². The van der Waals surface area contributed by atoms with Gasteiger partial charge in [-0.25, -0.2) is 0 Å². The van der Waals surface area contributed by atoms with Crippen molar-refractivity contribution in [1.29, 1.82) is 0 Å². The number of nitrogens with one attached hydrogen (secondary N) is 1. The van der Waals surface area contributed by atoms with Crippen LogP contribution < -0.4 is 5.32 Å². The molecule has 1 N–H and O–H groups in total. The van der Waals surface area contributed by atoms with Gasteiger partial charge in [-0.1, -0.05) is 34.8 Å². The van der Waals surface area contributed by atoms with E-state index >= 15 is 0 Å². The van der Waals surface area contributed by atoms with E-state index in [1.807, 2.05) is 0 Å². The number of hydrogen-bond donors (Lipinski definition) is 1. The fraction of sp³-hybridized carbons (Fsp3) is 0.300. The Kier molecular flexibility index (Phi) is 4.71. The first-order valence-corrected chi connectivity index (χ1v) is 5.63. The van der Waals surface area contributed by atoms with Gasteiger partial charge in [0.2, 0.25) is 5.91 Å². The quantitative estimate of drug-likeness (QED) is 0.923. The smallest absolute Gasteiger partial charge is 0.241 e. The van der Waals surface area contributed by atoms with Crippen molar-refractivity contribution in [3.63, 3.8) is 0 Å². The molecule has 0 aliphatic rings. The number of rotatable bonds is 3. The van der Waals surface area contributed by atoms with Gasteiger partial charge in [-0.2, -0.15) is 0 Å². The monoisotopic (exact) mass is 280 g/mol. The van der Waals surface area contributed by atoms with Crippen LogP contribution in [0, 0.1) is 0 Å². The van der Waals surface area contributed by atoms with E-state index in [2.05, 4.69) is 5.32 Å². The molecule has 88 valence electrons. The lowest BCUT2D eigenvalue weighted by atomic mass is 10.3. The number of anilines is 1. The molecule has 0 heterocycles. The number of likely N-dealkylation sites (N-methyl/N-ethyl adjacent to an activating group) is 1. The molecule has 0 bridgehead atoms. The first kappa shape index (κ1) is 13.4. The summed E-state index contributed by atoms with van der Waals surface area (Å²) in [5, 5.41) is 4.12. The Morgan fingerprint density at radius 2 is 1.75 bits per heavy atom. The van der Waals surface area contributed by atoms with Crippen LogP contribution >= 0.6 is 34.8 Å². The zero-order valence-electron chi connectivity index (χ0n) is 8.85. The van der Waals surface area contributed by atoms with Crippen LogP contribution in [0.5, 0.6) is 0 Å². The molecule has 0 aliphatic heterocycles. The molecular weight excluding hydrogens is 270 g/mol. The highest BCUT2D eigenvalue weighted by Crippen LogP contribution is 2.33. The maximum absolute atomic E-state index is 11.4. The lowest BCUT2D eigenvalue weighted by Gasteiger charge is -2.13. The average molecular weight is 282 g/mol. The van der Waals surface area contributed by atoms with Crippen LogP contribution in [0.25, 0.3) is 0 Å². The van der Waals surface area contributed by atoms with Gasteiger partial charge < -0.3 is 10.2 Å². The molecule has 3 nitrogen and oxygen atoms in total. The molecule has 1 rings (SSSR count). The number of carbonyl (C=O) groups is 1. The van der Waals surface area contributed by atoms with Crippen LogP contribution in [0.1, 0.15) is 0 Å². The van der Waals surface area contributed by atoms with Gasteiger partial charge in [-0.15, -0.1) is 0 Å². The summed E-state index contributed by atoms with van der Waals surface area (Å²) in [4.78, 5) is 12.8. The Bertz CT molecular complexity index is 384. The van der Waals surface area contributed by atoms with E-state index in [9.17, 15) is 4.79 Å². The Hall–Kier alpha value is -0.640. The summed E-state index contributed by atoms with van der Waals surface area (Å²) in [6.45, 7) is 0.133. The summed E-state index contributed by atoms with van der Waals surface area (Å²) in [7, 11) is 3.35. The second-order valence-electron chi connectivity index (χ2n) is 3.39. The summed E-state index contributed by atoms with van der Waals surface area (Å²) < 4.78 is 0. The molecular formula is C10H11Cl3N2O. The minimum atomic E-state index is -0.0675. The predicted molar refractivity (Wildman–Crippen MR) is 68.7 cm³/mol. The van der Waals surface area contributed by atoms with Crippen LogP contribution in [-0.4, -0.2) is 31.4 Å². The summed E-state index contributed by atoms with van der Waals surface area (Å²) in [5.74, 6) is -0.0675. The average Bonchev–Trinajstić information content (AvgIpc) is 2.15. The van der Waals surface area contributed by atoms with Gasteiger partial charge in [-0.05, 0) is 12.1 Å². The largest absolute Gasteiger partial charge is 0.374 e. The Balaban J connectivity index is 2.78. The Morgan fingerprint density at radius 1 is 1.25 bits per heavy atom. The topological polar surface area (TPSA) is 32.3 Å². The van der Waals surface area contributed by atoms with E-state index in [1.165, 1.54) is 4.90 Å². The number of hydrogen-bond acceptors (Lipinski definition) is 2. The molecule has 1 aromatic rings. The number of nitrogens with zero attached hydrogens (tertiary/aromatic N) is 1. The van der Waals surface area contributed by atoms with Gasteiger partial charge in [0.25, 0.3) is 0 Å². The maximum atomic E-state index is 11.4. The van der Waals surface area contributed by atoms with Gasteiger partial charge in [0, 0.05) is 19.1 Å². The lowest BCUT2D eigenvalue weighted by Crippen LogP contribution is -2.28. The highest BCUT2D eigenvalue weighted by Gasteiger charge is 2.10. The number of amides is 1. The highest BCUT2D eigenvalue weighted by atomic mass is 35.5. The zero-order chi connectivity index (χ0) is 12.3. The molecule has 1 aromatic carbocycles. The maximum Gasteiger partial charge on any atom is 0.241 e. The van der Waals surface area contributed by atoms with Crippen LogP contribution in [-0.2, 0) is 4.79 Å². The second kappa shape index (κ2) is 5.62. The molecule has 0 saturated carbocycles. The molecule has 0 unspecified atom stereocenters.